The van der Waals surface area contributed by atoms with E-state index >= 15 is 0 Å². The lowest BCUT2D eigenvalue weighted by Gasteiger charge is -2.25. The molecular formula is C25H27ClN2O3S. The second-order valence-electron chi connectivity index (χ2n) is 7.95. The summed E-state index contributed by atoms with van der Waals surface area (Å²) in [5.41, 5.74) is 4.51. The Bertz CT molecular complexity index is 1210. The number of amides is 1. The molecule has 5 nitrogen and oxygen atoms in total. The van der Waals surface area contributed by atoms with Crippen molar-refractivity contribution in [2.45, 2.75) is 38.6 Å². The van der Waals surface area contributed by atoms with Crippen LogP contribution in [0.25, 0.3) is 0 Å². The van der Waals surface area contributed by atoms with E-state index in [2.05, 4.69) is 11.4 Å². The summed E-state index contributed by atoms with van der Waals surface area (Å²) >= 11 is 5.99. The fraction of sp³-hybridized carbons (Fsp3) is 0.240. The van der Waals surface area contributed by atoms with Gasteiger partial charge >= 0.3 is 0 Å². The van der Waals surface area contributed by atoms with Crippen LogP contribution in [0.4, 0.5) is 5.69 Å². The van der Waals surface area contributed by atoms with Crippen LogP contribution in [0.2, 0.25) is 5.02 Å². The standard InChI is InChI=1S/C25H27ClN2O3S/c1-17-5-12-23(13-6-17)32(30,31)28(22-10-8-21(26)9-11-22)16-25(29)27-20(4)24-14-7-18(2)15-19(24)3/h5-15,20H,16H2,1-4H3,(H,27,29)/t20-/m0/s1. The average molecular weight is 471 g/mol. The van der Waals surface area contributed by atoms with Crippen LogP contribution in [0.5, 0.6) is 0 Å². The SMILES string of the molecule is Cc1ccc(S(=O)(=O)N(CC(=O)N[C@@H](C)c2ccc(C)cc2C)c2ccc(Cl)cc2)cc1. The molecule has 0 aliphatic heterocycles. The lowest BCUT2D eigenvalue weighted by atomic mass is 10.0. The molecular weight excluding hydrogens is 444 g/mol. The maximum Gasteiger partial charge on any atom is 0.264 e. The molecule has 0 aromatic heterocycles. The third-order valence-corrected chi connectivity index (χ3v) is 7.32. The van der Waals surface area contributed by atoms with Crippen molar-refractivity contribution in [2.24, 2.45) is 0 Å². The Kier molecular flexibility index (Phi) is 7.26. The normalized spacial score (nSPS) is 12.3. The first-order valence-corrected chi connectivity index (χ1v) is 12.1. The van der Waals surface area contributed by atoms with Crippen LogP contribution >= 0.6 is 11.6 Å². The summed E-state index contributed by atoms with van der Waals surface area (Å²) in [7, 11) is -3.96. The molecule has 1 amide bonds. The molecule has 1 atom stereocenters. The van der Waals surface area contributed by atoms with E-state index < -0.39 is 15.9 Å². The molecule has 0 saturated heterocycles. The molecule has 3 aromatic rings. The Balaban J connectivity index is 1.89. The van der Waals surface area contributed by atoms with Gasteiger partial charge in [0.1, 0.15) is 6.54 Å². The lowest BCUT2D eigenvalue weighted by Crippen LogP contribution is -2.41. The average Bonchev–Trinajstić information content (AvgIpc) is 2.73. The number of hydrogen-bond donors (Lipinski definition) is 1. The van der Waals surface area contributed by atoms with Crippen LogP contribution in [0.1, 0.15) is 35.2 Å². The van der Waals surface area contributed by atoms with E-state index in [9.17, 15) is 13.2 Å². The van der Waals surface area contributed by atoms with Gasteiger partial charge in [0, 0.05) is 5.02 Å². The summed E-state index contributed by atoms with van der Waals surface area (Å²) in [6.07, 6.45) is 0. The van der Waals surface area contributed by atoms with Gasteiger partial charge in [-0.1, -0.05) is 53.1 Å². The van der Waals surface area contributed by atoms with Crippen molar-refractivity contribution >= 4 is 33.2 Å². The fourth-order valence-electron chi connectivity index (χ4n) is 3.57. The number of hydrogen-bond acceptors (Lipinski definition) is 3. The van der Waals surface area contributed by atoms with E-state index in [0.29, 0.717) is 10.7 Å². The summed E-state index contributed by atoms with van der Waals surface area (Å²) in [6, 6.07) is 18.7. The number of carbonyl (C=O) groups is 1. The van der Waals surface area contributed by atoms with Gasteiger partial charge < -0.3 is 5.32 Å². The summed E-state index contributed by atoms with van der Waals surface area (Å²) in [4.78, 5) is 13.1. The molecule has 0 aliphatic rings. The molecule has 0 saturated carbocycles. The van der Waals surface area contributed by atoms with Gasteiger partial charge in [0.05, 0.1) is 16.6 Å². The van der Waals surface area contributed by atoms with Crippen LogP contribution in [0, 0.1) is 20.8 Å². The van der Waals surface area contributed by atoms with Crippen LogP contribution in [-0.2, 0) is 14.8 Å². The number of rotatable bonds is 7. The predicted octanol–water partition coefficient (Wildman–Crippen LogP) is 5.34. The summed E-state index contributed by atoms with van der Waals surface area (Å²) in [5.74, 6) is -0.400. The van der Waals surface area contributed by atoms with Gasteiger partial charge in [-0.05, 0) is 75.2 Å². The Morgan fingerprint density at radius 1 is 0.938 bits per heavy atom. The van der Waals surface area contributed by atoms with Gasteiger partial charge in [-0.2, -0.15) is 0 Å². The van der Waals surface area contributed by atoms with Gasteiger partial charge in [0.2, 0.25) is 5.91 Å². The fourth-order valence-corrected chi connectivity index (χ4v) is 5.11. The molecule has 3 rings (SSSR count). The molecule has 0 radical (unpaired) electrons. The maximum atomic E-state index is 13.4. The lowest BCUT2D eigenvalue weighted by molar-refractivity contribution is -0.120. The summed E-state index contributed by atoms with van der Waals surface area (Å²) in [6.45, 7) is 7.42. The van der Waals surface area contributed by atoms with Crippen molar-refractivity contribution in [3.05, 3.63) is 94.0 Å². The molecule has 168 valence electrons. The second kappa shape index (κ2) is 9.76. The first-order valence-electron chi connectivity index (χ1n) is 10.3. The van der Waals surface area contributed by atoms with E-state index in [0.717, 1.165) is 26.6 Å². The Hall–Kier alpha value is -2.83. The molecule has 0 aliphatic carbocycles. The van der Waals surface area contributed by atoms with E-state index in [4.69, 9.17) is 11.6 Å². The molecule has 3 aromatic carbocycles. The molecule has 0 heterocycles. The number of sulfonamides is 1. The molecule has 0 unspecified atom stereocenters. The molecule has 0 fully saturated rings. The van der Waals surface area contributed by atoms with Crippen molar-refractivity contribution in [3.63, 3.8) is 0 Å². The molecule has 7 heteroatoms. The number of benzene rings is 3. The van der Waals surface area contributed by atoms with Crippen molar-refractivity contribution < 1.29 is 13.2 Å². The van der Waals surface area contributed by atoms with E-state index in [1.54, 1.807) is 48.5 Å². The van der Waals surface area contributed by atoms with Crippen molar-refractivity contribution in [2.75, 3.05) is 10.8 Å². The monoisotopic (exact) mass is 470 g/mol. The van der Waals surface area contributed by atoms with Crippen molar-refractivity contribution in [1.82, 2.24) is 5.32 Å². The van der Waals surface area contributed by atoms with E-state index in [1.807, 2.05) is 39.8 Å². The highest BCUT2D eigenvalue weighted by atomic mass is 35.5. The minimum Gasteiger partial charge on any atom is -0.348 e. The second-order valence-corrected chi connectivity index (χ2v) is 10.2. The van der Waals surface area contributed by atoms with Gasteiger partial charge in [-0.25, -0.2) is 8.42 Å². The highest BCUT2D eigenvalue weighted by molar-refractivity contribution is 7.92. The van der Waals surface area contributed by atoms with Crippen LogP contribution in [-0.4, -0.2) is 20.9 Å². The van der Waals surface area contributed by atoms with Gasteiger partial charge in [0.25, 0.3) is 10.0 Å². The minimum absolute atomic E-state index is 0.119. The van der Waals surface area contributed by atoms with Crippen molar-refractivity contribution in [1.29, 1.82) is 0 Å². The van der Waals surface area contributed by atoms with Gasteiger partial charge in [-0.15, -0.1) is 0 Å². The van der Waals surface area contributed by atoms with E-state index in [-0.39, 0.29) is 17.5 Å². The first-order chi connectivity index (χ1) is 15.1. The molecule has 1 N–H and O–H groups in total. The quantitative estimate of drug-likeness (QED) is 0.507. The number of halogens is 1. The number of carbonyl (C=O) groups excluding carboxylic acids is 1. The molecule has 0 spiro atoms. The minimum atomic E-state index is -3.96. The van der Waals surface area contributed by atoms with E-state index in [1.165, 1.54) is 0 Å². The van der Waals surface area contributed by atoms with Crippen LogP contribution in [0.3, 0.4) is 0 Å². The maximum absolute atomic E-state index is 13.4. The predicted molar refractivity (Wildman–Crippen MR) is 130 cm³/mol. The van der Waals surface area contributed by atoms with Gasteiger partial charge in [0.15, 0.2) is 0 Å². The number of nitrogens with one attached hydrogen (secondary N) is 1. The smallest absolute Gasteiger partial charge is 0.264 e. The zero-order chi connectivity index (χ0) is 23.5. The van der Waals surface area contributed by atoms with Crippen molar-refractivity contribution in [3.8, 4) is 0 Å². The number of anilines is 1. The van der Waals surface area contributed by atoms with Crippen LogP contribution < -0.4 is 9.62 Å². The Morgan fingerprint density at radius 3 is 2.12 bits per heavy atom. The number of aryl methyl sites for hydroxylation is 3. The molecule has 0 bridgehead atoms. The highest BCUT2D eigenvalue weighted by Crippen LogP contribution is 2.26. The Morgan fingerprint density at radius 2 is 1.53 bits per heavy atom. The Labute approximate surface area is 195 Å². The topological polar surface area (TPSA) is 66.5 Å². The summed E-state index contributed by atoms with van der Waals surface area (Å²) in [5, 5.41) is 3.41. The molecule has 32 heavy (non-hydrogen) atoms. The third kappa shape index (κ3) is 5.50. The third-order valence-electron chi connectivity index (χ3n) is 5.28. The van der Waals surface area contributed by atoms with Crippen LogP contribution in [0.15, 0.2) is 71.6 Å². The zero-order valence-corrected chi connectivity index (χ0v) is 20.2. The number of nitrogens with zero attached hydrogens (tertiary/aromatic N) is 1. The highest BCUT2D eigenvalue weighted by Gasteiger charge is 2.27. The first kappa shape index (κ1) is 23.8. The zero-order valence-electron chi connectivity index (χ0n) is 18.6. The van der Waals surface area contributed by atoms with Gasteiger partial charge in [-0.3, -0.25) is 9.10 Å². The largest absolute Gasteiger partial charge is 0.348 e. The summed E-state index contributed by atoms with van der Waals surface area (Å²) < 4.78 is 28.0.